The van der Waals surface area contributed by atoms with Gasteiger partial charge in [0.25, 0.3) is 0 Å². The van der Waals surface area contributed by atoms with E-state index in [1.165, 1.54) is 11.1 Å². The van der Waals surface area contributed by atoms with Gasteiger partial charge >= 0.3 is 0 Å². The Morgan fingerprint density at radius 2 is 1.88 bits per heavy atom. The summed E-state index contributed by atoms with van der Waals surface area (Å²) >= 11 is 13.2. The van der Waals surface area contributed by atoms with Gasteiger partial charge in [-0.3, -0.25) is 4.98 Å². The van der Waals surface area contributed by atoms with Gasteiger partial charge in [-0.25, -0.2) is 0 Å². The second-order valence-corrected chi connectivity index (χ2v) is 6.07. The van der Waals surface area contributed by atoms with Crippen molar-refractivity contribution >= 4 is 43.5 Å². The number of aromatic nitrogens is 1. The highest BCUT2D eigenvalue weighted by molar-refractivity contribution is 9.10. The van der Waals surface area contributed by atoms with Gasteiger partial charge < -0.3 is 0 Å². The van der Waals surface area contributed by atoms with Gasteiger partial charge in [-0.15, -0.1) is 0 Å². The molecule has 1 atom stereocenters. The van der Waals surface area contributed by atoms with Gasteiger partial charge in [-0.1, -0.05) is 33.6 Å². The third kappa shape index (κ3) is 3.54. The van der Waals surface area contributed by atoms with Crippen LogP contribution in [0.1, 0.15) is 16.0 Å². The van der Waals surface area contributed by atoms with E-state index < -0.39 is 0 Å². The van der Waals surface area contributed by atoms with E-state index in [4.69, 9.17) is 11.6 Å². The molecule has 0 aliphatic rings. The van der Waals surface area contributed by atoms with Crippen LogP contribution in [0.25, 0.3) is 0 Å². The summed E-state index contributed by atoms with van der Waals surface area (Å²) in [4.78, 5) is 4.27. The lowest BCUT2D eigenvalue weighted by Gasteiger charge is -2.11. The van der Waals surface area contributed by atoms with Crippen LogP contribution < -0.4 is 0 Å². The maximum absolute atomic E-state index is 6.08. The van der Waals surface area contributed by atoms with E-state index in [-0.39, 0.29) is 4.83 Å². The van der Waals surface area contributed by atoms with Crippen molar-refractivity contribution < 1.29 is 0 Å². The Morgan fingerprint density at radius 1 is 1.18 bits per heavy atom. The minimum Gasteiger partial charge on any atom is -0.265 e. The van der Waals surface area contributed by atoms with E-state index in [2.05, 4.69) is 42.9 Å². The second-order valence-electron chi connectivity index (χ2n) is 3.70. The number of hydrogen-bond acceptors (Lipinski definition) is 1. The minimum absolute atomic E-state index is 0.260. The summed E-state index contributed by atoms with van der Waals surface area (Å²) in [5.41, 5.74) is 2.43. The first-order chi connectivity index (χ1) is 8.16. The third-order valence-electron chi connectivity index (χ3n) is 2.47. The predicted octanol–water partition coefficient (Wildman–Crippen LogP) is 5.18. The largest absolute Gasteiger partial charge is 0.265 e. The molecule has 2 aromatic rings. The summed E-state index contributed by atoms with van der Waals surface area (Å²) in [5, 5.41) is 0.738. The Balaban J connectivity index is 2.14. The number of alkyl halides is 1. The van der Waals surface area contributed by atoms with Crippen molar-refractivity contribution in [3.8, 4) is 0 Å². The van der Waals surface area contributed by atoms with Crippen LogP contribution in [0.5, 0.6) is 0 Å². The number of pyridine rings is 1. The molecule has 0 bridgehead atoms. The van der Waals surface area contributed by atoms with Crippen molar-refractivity contribution in [2.24, 2.45) is 0 Å². The maximum atomic E-state index is 6.08. The average molecular weight is 375 g/mol. The number of hydrogen-bond donors (Lipinski definition) is 0. The van der Waals surface area contributed by atoms with Gasteiger partial charge in [-0.2, -0.15) is 0 Å². The smallest absolute Gasteiger partial charge is 0.0551 e. The molecule has 1 heterocycles. The fourth-order valence-corrected chi connectivity index (χ4v) is 2.65. The molecule has 0 N–H and O–H groups in total. The van der Waals surface area contributed by atoms with E-state index in [1.807, 2.05) is 36.7 Å². The van der Waals surface area contributed by atoms with Crippen LogP contribution in [0, 0.1) is 0 Å². The van der Waals surface area contributed by atoms with Crippen LogP contribution >= 0.6 is 43.5 Å². The summed E-state index contributed by atoms with van der Waals surface area (Å²) in [6, 6.07) is 10.1. The van der Waals surface area contributed by atoms with Crippen LogP contribution in [-0.2, 0) is 6.42 Å². The van der Waals surface area contributed by atoms with Crippen LogP contribution in [0.15, 0.2) is 47.2 Å². The first-order valence-electron chi connectivity index (χ1n) is 5.15. The van der Waals surface area contributed by atoms with E-state index in [1.54, 1.807) is 0 Å². The van der Waals surface area contributed by atoms with Gasteiger partial charge in [0.05, 0.1) is 5.02 Å². The Hall–Kier alpha value is -0.380. The van der Waals surface area contributed by atoms with E-state index in [0.717, 1.165) is 15.9 Å². The summed E-state index contributed by atoms with van der Waals surface area (Å²) < 4.78 is 0.923. The summed E-state index contributed by atoms with van der Waals surface area (Å²) in [6.45, 7) is 0. The zero-order valence-electron chi connectivity index (χ0n) is 8.91. The number of rotatable bonds is 3. The number of benzene rings is 1. The summed E-state index contributed by atoms with van der Waals surface area (Å²) in [7, 11) is 0. The topological polar surface area (TPSA) is 12.9 Å². The molecule has 0 aliphatic carbocycles. The Morgan fingerprint density at radius 3 is 2.53 bits per heavy atom. The monoisotopic (exact) mass is 373 g/mol. The first-order valence-corrected chi connectivity index (χ1v) is 7.23. The van der Waals surface area contributed by atoms with Crippen LogP contribution in [-0.4, -0.2) is 4.98 Å². The van der Waals surface area contributed by atoms with Crippen LogP contribution in [0.3, 0.4) is 0 Å². The molecule has 0 aliphatic heterocycles. The Labute approximate surface area is 122 Å². The molecule has 17 heavy (non-hydrogen) atoms. The molecule has 0 fully saturated rings. The summed E-state index contributed by atoms with van der Waals surface area (Å²) in [6.07, 6.45) is 4.54. The highest BCUT2D eigenvalue weighted by atomic mass is 79.9. The third-order valence-corrected chi connectivity index (χ3v) is 4.55. The maximum Gasteiger partial charge on any atom is 0.0551 e. The number of halogens is 3. The molecule has 1 aromatic carbocycles. The van der Waals surface area contributed by atoms with Crippen molar-refractivity contribution in [3.05, 3.63) is 63.3 Å². The molecule has 1 aromatic heterocycles. The molecule has 0 radical (unpaired) electrons. The SMILES string of the molecule is Clc1cc(C(Br)Cc2ccncc2)ccc1Br. The van der Waals surface area contributed by atoms with Crippen LogP contribution in [0.2, 0.25) is 5.02 Å². The molecule has 2 rings (SSSR count). The molecule has 1 nitrogen and oxygen atoms in total. The molecule has 0 saturated carbocycles. The Kier molecular flexibility index (Phi) is 4.60. The average Bonchev–Trinajstić information content (AvgIpc) is 2.34. The van der Waals surface area contributed by atoms with Crippen molar-refractivity contribution in [1.82, 2.24) is 4.98 Å². The normalized spacial score (nSPS) is 12.4. The quantitative estimate of drug-likeness (QED) is 0.674. The highest BCUT2D eigenvalue weighted by Gasteiger charge is 2.10. The van der Waals surface area contributed by atoms with Gasteiger partial charge in [0.2, 0.25) is 0 Å². The minimum atomic E-state index is 0.260. The molecule has 0 amide bonds. The number of nitrogens with zero attached hydrogens (tertiary/aromatic N) is 1. The summed E-state index contributed by atoms with van der Waals surface area (Å²) in [5.74, 6) is 0. The molecule has 0 saturated heterocycles. The Bertz CT molecular complexity index is 502. The van der Waals surface area contributed by atoms with E-state index in [9.17, 15) is 0 Å². The molecular weight excluding hydrogens is 365 g/mol. The van der Waals surface area contributed by atoms with Crippen molar-refractivity contribution in [3.63, 3.8) is 0 Å². The van der Waals surface area contributed by atoms with Crippen molar-refractivity contribution in [2.75, 3.05) is 0 Å². The zero-order valence-corrected chi connectivity index (χ0v) is 12.8. The van der Waals surface area contributed by atoms with Crippen molar-refractivity contribution in [2.45, 2.75) is 11.2 Å². The van der Waals surface area contributed by atoms with Crippen molar-refractivity contribution in [1.29, 1.82) is 0 Å². The lowest BCUT2D eigenvalue weighted by Crippen LogP contribution is -1.95. The predicted molar refractivity (Wildman–Crippen MR) is 78.8 cm³/mol. The van der Waals surface area contributed by atoms with Gasteiger partial charge in [0.15, 0.2) is 0 Å². The standard InChI is InChI=1S/C13H10Br2ClN/c14-11-2-1-10(8-13(11)16)12(15)7-9-3-5-17-6-4-9/h1-6,8,12H,7H2. The molecule has 1 unspecified atom stereocenters. The highest BCUT2D eigenvalue weighted by Crippen LogP contribution is 2.31. The zero-order chi connectivity index (χ0) is 12.3. The van der Waals surface area contributed by atoms with Gasteiger partial charge in [0, 0.05) is 21.7 Å². The lowest BCUT2D eigenvalue weighted by atomic mass is 10.1. The lowest BCUT2D eigenvalue weighted by molar-refractivity contribution is 0.944. The second kappa shape index (κ2) is 5.98. The fourth-order valence-electron chi connectivity index (χ4n) is 1.55. The molecule has 0 spiro atoms. The molecular formula is C13H10Br2ClN. The van der Waals surface area contributed by atoms with E-state index >= 15 is 0 Å². The van der Waals surface area contributed by atoms with E-state index in [0.29, 0.717) is 0 Å². The molecule has 4 heteroatoms. The fraction of sp³-hybridized carbons (Fsp3) is 0.154. The molecule has 88 valence electrons. The van der Waals surface area contributed by atoms with Crippen LogP contribution in [0.4, 0.5) is 0 Å². The van der Waals surface area contributed by atoms with Gasteiger partial charge in [-0.05, 0) is 57.7 Å². The van der Waals surface area contributed by atoms with Gasteiger partial charge in [0.1, 0.15) is 0 Å². The first kappa shape index (κ1) is 13.1.